The van der Waals surface area contributed by atoms with Crippen LogP contribution in [0.1, 0.15) is 142 Å². The highest BCUT2D eigenvalue weighted by Crippen LogP contribution is 2.14. The van der Waals surface area contributed by atoms with Crippen LogP contribution in [0.4, 0.5) is 0 Å². The van der Waals surface area contributed by atoms with Crippen molar-refractivity contribution in [3.05, 3.63) is 0 Å². The van der Waals surface area contributed by atoms with Crippen LogP contribution in [-0.2, 0) is 0 Å². The van der Waals surface area contributed by atoms with Crippen molar-refractivity contribution in [1.29, 1.82) is 0 Å². The number of nitrogens with one attached hydrogen (secondary N) is 1. The van der Waals surface area contributed by atoms with Crippen LogP contribution in [0.25, 0.3) is 0 Å². The summed E-state index contributed by atoms with van der Waals surface area (Å²) in [5, 5.41) is 14.0. The molecule has 0 saturated carbocycles. The number of nitrogens with two attached hydrogens (primary N) is 2. The fourth-order valence-corrected chi connectivity index (χ4v) is 4.86. The summed E-state index contributed by atoms with van der Waals surface area (Å²) in [5.41, 5.74) is 11.3. The van der Waals surface area contributed by atoms with Gasteiger partial charge in [-0.05, 0) is 71.4 Å². The minimum atomic E-state index is -0.178. The van der Waals surface area contributed by atoms with Crippen LogP contribution in [0, 0.1) is 0 Å². The number of rotatable bonds is 30. The maximum atomic E-state index is 10.6. The van der Waals surface area contributed by atoms with Gasteiger partial charge < -0.3 is 26.8 Å². The zero-order valence-electron chi connectivity index (χ0n) is 23.9. The number of hydrogen-bond acceptors (Lipinski definition) is 5. The van der Waals surface area contributed by atoms with E-state index in [1.54, 1.807) is 0 Å². The van der Waals surface area contributed by atoms with Gasteiger partial charge in [-0.15, -0.1) is 0 Å². The first-order chi connectivity index (χ1) is 17.2. The van der Waals surface area contributed by atoms with E-state index in [9.17, 15) is 5.11 Å². The average molecular weight is 499 g/mol. The van der Waals surface area contributed by atoms with Gasteiger partial charge in [0.2, 0.25) is 0 Å². The van der Waals surface area contributed by atoms with Crippen molar-refractivity contribution in [3.8, 4) is 0 Å². The summed E-state index contributed by atoms with van der Waals surface area (Å²) < 4.78 is 0. The molecule has 0 aliphatic carbocycles. The zero-order valence-corrected chi connectivity index (χ0v) is 23.9. The maximum Gasteiger partial charge on any atom is 0.0667 e. The molecule has 0 aliphatic rings. The molecule has 0 unspecified atom stereocenters. The molecule has 0 aromatic heterocycles. The van der Waals surface area contributed by atoms with Crippen LogP contribution in [0.2, 0.25) is 0 Å². The summed E-state index contributed by atoms with van der Waals surface area (Å²) >= 11 is 0. The number of aliphatic hydroxyl groups is 1. The molecule has 0 heterocycles. The normalized spacial score (nSPS) is 12.6. The lowest BCUT2D eigenvalue weighted by Gasteiger charge is -2.25. The lowest BCUT2D eigenvalue weighted by atomic mass is 10.0. The molecule has 35 heavy (non-hydrogen) atoms. The zero-order chi connectivity index (χ0) is 25.7. The third-order valence-corrected chi connectivity index (χ3v) is 7.17. The van der Waals surface area contributed by atoms with E-state index in [4.69, 9.17) is 11.5 Å². The highest BCUT2D eigenvalue weighted by atomic mass is 16.3. The second kappa shape index (κ2) is 30.0. The van der Waals surface area contributed by atoms with Gasteiger partial charge in [0.1, 0.15) is 0 Å². The largest absolute Gasteiger partial charge is 0.392 e. The van der Waals surface area contributed by atoms with Crippen LogP contribution >= 0.6 is 0 Å². The van der Waals surface area contributed by atoms with Crippen LogP contribution in [0.5, 0.6) is 0 Å². The predicted molar refractivity (Wildman–Crippen MR) is 156 cm³/mol. The van der Waals surface area contributed by atoms with Crippen molar-refractivity contribution in [2.75, 3.05) is 45.8 Å². The van der Waals surface area contributed by atoms with Gasteiger partial charge in [-0.3, -0.25) is 0 Å². The lowest BCUT2D eigenvalue weighted by Crippen LogP contribution is -2.35. The second-order valence-corrected chi connectivity index (χ2v) is 10.8. The molecule has 0 radical (unpaired) electrons. The Morgan fingerprint density at radius 2 is 1.03 bits per heavy atom. The Kier molecular flexibility index (Phi) is 29.9. The predicted octanol–water partition coefficient (Wildman–Crippen LogP) is 6.37. The molecule has 0 fully saturated rings. The minimum absolute atomic E-state index is 0.178. The van der Waals surface area contributed by atoms with E-state index in [2.05, 4.69) is 17.1 Å². The first-order valence-electron chi connectivity index (χ1n) is 15.8. The Labute approximate surface area is 220 Å². The molecule has 0 spiro atoms. The van der Waals surface area contributed by atoms with Crippen LogP contribution in [0.15, 0.2) is 0 Å². The van der Waals surface area contributed by atoms with E-state index in [-0.39, 0.29) is 6.10 Å². The molecule has 5 nitrogen and oxygen atoms in total. The van der Waals surface area contributed by atoms with Crippen molar-refractivity contribution in [1.82, 2.24) is 10.2 Å². The number of hydrogen-bond donors (Lipinski definition) is 4. The molecule has 0 aromatic rings. The van der Waals surface area contributed by atoms with E-state index in [1.807, 2.05) is 0 Å². The van der Waals surface area contributed by atoms with Gasteiger partial charge in [0.25, 0.3) is 0 Å². The molecule has 5 heteroatoms. The molecule has 0 aliphatic heterocycles. The summed E-state index contributed by atoms with van der Waals surface area (Å²) in [5.74, 6) is 0. The molecule has 6 N–H and O–H groups in total. The summed E-state index contributed by atoms with van der Waals surface area (Å²) in [7, 11) is 0. The Balaban J connectivity index is 3.64. The number of unbranched alkanes of at least 4 members (excludes halogenated alkanes) is 16. The van der Waals surface area contributed by atoms with Gasteiger partial charge in [0.05, 0.1) is 6.10 Å². The fourth-order valence-electron chi connectivity index (χ4n) is 4.86. The summed E-state index contributed by atoms with van der Waals surface area (Å²) in [6.45, 7) is 8.96. The minimum Gasteiger partial charge on any atom is -0.392 e. The van der Waals surface area contributed by atoms with Gasteiger partial charge in [0.15, 0.2) is 0 Å². The number of nitrogens with zero attached hydrogens (tertiary/aromatic N) is 1. The van der Waals surface area contributed by atoms with Crippen molar-refractivity contribution in [2.45, 2.75) is 148 Å². The van der Waals surface area contributed by atoms with Crippen LogP contribution < -0.4 is 16.8 Å². The fraction of sp³-hybridized carbons (Fsp3) is 1.00. The molecular formula is C30H66N4O. The maximum absolute atomic E-state index is 10.6. The first-order valence-corrected chi connectivity index (χ1v) is 15.8. The highest BCUT2D eigenvalue weighted by molar-refractivity contribution is 4.66. The molecule has 1 atom stereocenters. The number of aliphatic hydroxyl groups excluding tert-OH is 1. The Morgan fingerprint density at radius 3 is 1.60 bits per heavy atom. The van der Waals surface area contributed by atoms with E-state index in [1.165, 1.54) is 116 Å². The third kappa shape index (κ3) is 28.2. The summed E-state index contributed by atoms with van der Waals surface area (Å²) in [6, 6.07) is 0. The summed E-state index contributed by atoms with van der Waals surface area (Å²) in [4.78, 5) is 2.46. The standard InChI is InChI=1S/C30H66N4O/c1-2-3-4-5-6-7-8-9-10-11-14-17-22-30(35)29-34(28-21-24-32)27-19-16-13-12-15-18-25-33-26-20-23-31/h30,33,35H,2-29,31-32H2,1H3/t30-/m1/s1. The van der Waals surface area contributed by atoms with Crippen molar-refractivity contribution in [2.24, 2.45) is 11.5 Å². The average Bonchev–Trinajstić information content (AvgIpc) is 2.86. The smallest absolute Gasteiger partial charge is 0.0667 e. The van der Waals surface area contributed by atoms with Gasteiger partial charge in [-0.2, -0.15) is 0 Å². The topological polar surface area (TPSA) is 87.5 Å². The Bertz CT molecular complexity index is 383. The molecule has 212 valence electrons. The second-order valence-electron chi connectivity index (χ2n) is 10.8. The van der Waals surface area contributed by atoms with Crippen molar-refractivity contribution < 1.29 is 5.11 Å². The quantitative estimate of drug-likeness (QED) is 0.0864. The molecule has 0 aromatic carbocycles. The molecule has 0 bridgehead atoms. The first kappa shape index (κ1) is 34.8. The van der Waals surface area contributed by atoms with Gasteiger partial charge in [-0.25, -0.2) is 0 Å². The molecule has 0 saturated heterocycles. The van der Waals surface area contributed by atoms with E-state index >= 15 is 0 Å². The van der Waals surface area contributed by atoms with Crippen molar-refractivity contribution in [3.63, 3.8) is 0 Å². The SMILES string of the molecule is CCCCCCCCCCCCCC[C@@H](O)CN(CCCN)CCCCCCCCNCCCN. The molecule has 0 rings (SSSR count). The van der Waals surface area contributed by atoms with Crippen molar-refractivity contribution >= 4 is 0 Å². The van der Waals surface area contributed by atoms with Crippen LogP contribution in [-0.4, -0.2) is 61.9 Å². The van der Waals surface area contributed by atoms with E-state index in [0.717, 1.165) is 65.1 Å². The van der Waals surface area contributed by atoms with Crippen LogP contribution in [0.3, 0.4) is 0 Å². The highest BCUT2D eigenvalue weighted by Gasteiger charge is 2.11. The lowest BCUT2D eigenvalue weighted by molar-refractivity contribution is 0.101. The molecule has 0 amide bonds. The summed E-state index contributed by atoms with van der Waals surface area (Å²) in [6.07, 6.45) is 27.1. The van der Waals surface area contributed by atoms with E-state index < -0.39 is 0 Å². The third-order valence-electron chi connectivity index (χ3n) is 7.17. The monoisotopic (exact) mass is 499 g/mol. The van der Waals surface area contributed by atoms with E-state index in [0.29, 0.717) is 0 Å². The Hall–Kier alpha value is -0.200. The van der Waals surface area contributed by atoms with Gasteiger partial charge in [0, 0.05) is 6.54 Å². The Morgan fingerprint density at radius 1 is 0.571 bits per heavy atom. The molecular weight excluding hydrogens is 432 g/mol. The van der Waals surface area contributed by atoms with Gasteiger partial charge >= 0.3 is 0 Å². The van der Waals surface area contributed by atoms with Gasteiger partial charge in [-0.1, -0.05) is 110 Å².